The predicted molar refractivity (Wildman–Crippen MR) is 98.9 cm³/mol. The van der Waals surface area contributed by atoms with Crippen molar-refractivity contribution in [2.45, 2.75) is 43.7 Å². The molecule has 0 bridgehead atoms. The number of ether oxygens (including phenoxy) is 1. The molecule has 4 rings (SSSR count). The van der Waals surface area contributed by atoms with E-state index in [1.807, 2.05) is 29.2 Å². The first kappa shape index (κ1) is 17.5. The van der Waals surface area contributed by atoms with Crippen LogP contribution in [0.2, 0.25) is 0 Å². The maximum absolute atomic E-state index is 12.7. The van der Waals surface area contributed by atoms with Crippen LogP contribution in [0.5, 0.6) is 0 Å². The van der Waals surface area contributed by atoms with E-state index >= 15 is 0 Å². The molecule has 1 amide bonds. The van der Waals surface area contributed by atoms with E-state index in [0.717, 1.165) is 62.0 Å². The number of carbonyl (C=O) groups excluding carboxylic acids is 1. The summed E-state index contributed by atoms with van der Waals surface area (Å²) in [7, 11) is 4.29. The van der Waals surface area contributed by atoms with E-state index in [2.05, 4.69) is 24.2 Å². The van der Waals surface area contributed by atoms with Gasteiger partial charge in [0.05, 0.1) is 12.0 Å². The van der Waals surface area contributed by atoms with Crippen molar-refractivity contribution in [3.63, 3.8) is 0 Å². The van der Waals surface area contributed by atoms with E-state index in [1.54, 1.807) is 0 Å². The topological polar surface area (TPSA) is 58.8 Å². The average molecular weight is 357 g/mol. The highest BCUT2D eigenvalue weighted by Gasteiger charge is 2.41. The van der Waals surface area contributed by atoms with Crippen molar-refractivity contribution >= 4 is 16.9 Å². The molecule has 2 fully saturated rings. The second kappa shape index (κ2) is 7.00. The summed E-state index contributed by atoms with van der Waals surface area (Å²) in [4.78, 5) is 17.0. The standard InChI is InChI=1S/C20H27N3O3/c1-22(2)15-7-12-25-20(14-15)8-10-23(11-9-20)19(24)13-17-16-5-3-4-6-18(16)26-21-17/h3-6,15H,7-14H2,1-2H3. The molecular weight excluding hydrogens is 330 g/mol. The highest BCUT2D eigenvalue weighted by atomic mass is 16.5. The van der Waals surface area contributed by atoms with Gasteiger partial charge in [0.1, 0.15) is 5.69 Å². The van der Waals surface area contributed by atoms with Gasteiger partial charge in [0, 0.05) is 31.1 Å². The highest BCUT2D eigenvalue weighted by molar-refractivity contribution is 5.86. The smallest absolute Gasteiger partial charge is 0.228 e. The van der Waals surface area contributed by atoms with Crippen molar-refractivity contribution < 1.29 is 14.1 Å². The summed E-state index contributed by atoms with van der Waals surface area (Å²) in [6.07, 6.45) is 4.29. The van der Waals surface area contributed by atoms with Gasteiger partial charge in [-0.1, -0.05) is 17.3 Å². The van der Waals surface area contributed by atoms with Gasteiger partial charge >= 0.3 is 0 Å². The SMILES string of the molecule is CN(C)C1CCOC2(CCN(C(=O)Cc3noc4ccccc34)CC2)C1. The fourth-order valence-corrected chi connectivity index (χ4v) is 4.28. The van der Waals surface area contributed by atoms with Gasteiger partial charge in [-0.3, -0.25) is 4.79 Å². The summed E-state index contributed by atoms with van der Waals surface area (Å²) in [6.45, 7) is 2.34. The largest absolute Gasteiger partial charge is 0.375 e. The Morgan fingerprint density at radius 2 is 2.08 bits per heavy atom. The lowest BCUT2D eigenvalue weighted by molar-refractivity contribution is -0.147. The highest BCUT2D eigenvalue weighted by Crippen LogP contribution is 2.36. The number of benzene rings is 1. The summed E-state index contributed by atoms with van der Waals surface area (Å²) in [6, 6.07) is 8.26. The van der Waals surface area contributed by atoms with Crippen LogP contribution in [-0.4, -0.2) is 66.3 Å². The molecule has 0 N–H and O–H groups in total. The van der Waals surface area contributed by atoms with Crippen LogP contribution in [0.1, 0.15) is 31.4 Å². The number of hydrogen-bond donors (Lipinski definition) is 0. The van der Waals surface area contributed by atoms with Crippen molar-refractivity contribution in [2.24, 2.45) is 0 Å². The van der Waals surface area contributed by atoms with Crippen molar-refractivity contribution in [3.8, 4) is 0 Å². The summed E-state index contributed by atoms with van der Waals surface area (Å²) >= 11 is 0. The molecule has 2 aliphatic heterocycles. The normalized spacial score (nSPS) is 23.0. The number of carbonyl (C=O) groups is 1. The number of rotatable bonds is 3. The number of para-hydroxylation sites is 1. The van der Waals surface area contributed by atoms with Crippen LogP contribution in [0.4, 0.5) is 0 Å². The molecule has 1 atom stereocenters. The molecule has 6 heteroatoms. The Balaban J connectivity index is 1.38. The van der Waals surface area contributed by atoms with Crippen LogP contribution in [0.3, 0.4) is 0 Å². The molecule has 2 aromatic rings. The second-order valence-electron chi connectivity index (χ2n) is 7.82. The first-order valence-corrected chi connectivity index (χ1v) is 9.48. The zero-order valence-corrected chi connectivity index (χ0v) is 15.6. The molecule has 26 heavy (non-hydrogen) atoms. The molecule has 0 saturated carbocycles. The minimum absolute atomic E-state index is 0.0510. The van der Waals surface area contributed by atoms with E-state index < -0.39 is 0 Å². The maximum Gasteiger partial charge on any atom is 0.228 e. The van der Waals surface area contributed by atoms with Gasteiger partial charge in [0.2, 0.25) is 5.91 Å². The minimum Gasteiger partial charge on any atom is -0.375 e. The first-order valence-electron chi connectivity index (χ1n) is 9.48. The molecule has 140 valence electrons. The lowest BCUT2D eigenvalue weighted by Gasteiger charge is -2.47. The van der Waals surface area contributed by atoms with Crippen LogP contribution in [-0.2, 0) is 16.0 Å². The fraction of sp³-hybridized carbons (Fsp3) is 0.600. The van der Waals surface area contributed by atoms with Crippen LogP contribution in [0, 0.1) is 0 Å². The Hall–Kier alpha value is -1.92. The molecule has 0 aliphatic carbocycles. The van der Waals surface area contributed by atoms with Gasteiger partial charge in [-0.05, 0) is 51.9 Å². The number of hydrogen-bond acceptors (Lipinski definition) is 5. The van der Waals surface area contributed by atoms with Crippen LogP contribution >= 0.6 is 0 Å². The zero-order valence-electron chi connectivity index (χ0n) is 15.6. The van der Waals surface area contributed by atoms with E-state index in [4.69, 9.17) is 9.26 Å². The minimum atomic E-state index is -0.0510. The predicted octanol–water partition coefficient (Wildman–Crippen LogP) is 2.47. The van der Waals surface area contributed by atoms with Gasteiger partial charge in [0.15, 0.2) is 5.58 Å². The lowest BCUT2D eigenvalue weighted by atomic mass is 9.82. The lowest BCUT2D eigenvalue weighted by Crippen LogP contribution is -2.53. The Bertz CT molecular complexity index is 777. The molecule has 0 radical (unpaired) electrons. The third-order valence-electron chi connectivity index (χ3n) is 6.00. The van der Waals surface area contributed by atoms with E-state index in [9.17, 15) is 4.79 Å². The number of piperidine rings is 1. The molecule has 6 nitrogen and oxygen atoms in total. The molecule has 1 aromatic heterocycles. The number of likely N-dealkylation sites (tertiary alicyclic amines) is 1. The number of nitrogens with zero attached hydrogens (tertiary/aromatic N) is 3. The summed E-state index contributed by atoms with van der Waals surface area (Å²) in [5.74, 6) is 0.124. The number of aromatic nitrogens is 1. The van der Waals surface area contributed by atoms with Crippen LogP contribution < -0.4 is 0 Å². The third kappa shape index (κ3) is 3.35. The van der Waals surface area contributed by atoms with Crippen LogP contribution in [0.15, 0.2) is 28.8 Å². The molecule has 1 spiro atoms. The summed E-state index contributed by atoms with van der Waals surface area (Å²) < 4.78 is 11.5. The Kier molecular flexibility index (Phi) is 4.71. The van der Waals surface area contributed by atoms with Crippen molar-refractivity contribution in [2.75, 3.05) is 33.8 Å². The molecule has 1 unspecified atom stereocenters. The van der Waals surface area contributed by atoms with Gasteiger partial charge in [-0.15, -0.1) is 0 Å². The molecule has 2 saturated heterocycles. The quantitative estimate of drug-likeness (QED) is 0.845. The van der Waals surface area contributed by atoms with E-state index in [-0.39, 0.29) is 11.5 Å². The van der Waals surface area contributed by atoms with Crippen molar-refractivity contribution in [1.82, 2.24) is 15.0 Å². The van der Waals surface area contributed by atoms with Gasteiger partial charge < -0.3 is 19.1 Å². The van der Waals surface area contributed by atoms with Crippen molar-refractivity contribution in [1.29, 1.82) is 0 Å². The maximum atomic E-state index is 12.7. The van der Waals surface area contributed by atoms with E-state index in [1.165, 1.54) is 0 Å². The Morgan fingerprint density at radius 3 is 2.85 bits per heavy atom. The molecule has 1 aromatic carbocycles. The summed E-state index contributed by atoms with van der Waals surface area (Å²) in [5.41, 5.74) is 1.41. The second-order valence-corrected chi connectivity index (χ2v) is 7.82. The van der Waals surface area contributed by atoms with Crippen molar-refractivity contribution in [3.05, 3.63) is 30.0 Å². The van der Waals surface area contributed by atoms with E-state index in [0.29, 0.717) is 12.5 Å². The zero-order chi connectivity index (χ0) is 18.1. The summed E-state index contributed by atoms with van der Waals surface area (Å²) in [5, 5.41) is 5.02. The monoisotopic (exact) mass is 357 g/mol. The van der Waals surface area contributed by atoms with Gasteiger partial charge in [-0.2, -0.15) is 0 Å². The van der Waals surface area contributed by atoms with Gasteiger partial charge in [-0.25, -0.2) is 0 Å². The Morgan fingerprint density at radius 1 is 1.31 bits per heavy atom. The average Bonchev–Trinajstić information content (AvgIpc) is 3.05. The number of fused-ring (bicyclic) bond motifs is 1. The third-order valence-corrected chi connectivity index (χ3v) is 6.00. The van der Waals surface area contributed by atoms with Crippen LogP contribution in [0.25, 0.3) is 11.0 Å². The molecule has 2 aliphatic rings. The van der Waals surface area contributed by atoms with Gasteiger partial charge in [0.25, 0.3) is 0 Å². The number of amides is 1. The molecular formula is C20H27N3O3. The molecule has 3 heterocycles. The first-order chi connectivity index (χ1) is 12.6. The fourth-order valence-electron chi connectivity index (χ4n) is 4.28. The Labute approximate surface area is 154 Å².